The summed E-state index contributed by atoms with van der Waals surface area (Å²) in [4.78, 5) is 39.5. The number of benzene rings is 1. The fourth-order valence-electron chi connectivity index (χ4n) is 3.64. The molecule has 0 atom stereocenters. The van der Waals surface area contributed by atoms with Crippen molar-refractivity contribution < 1.29 is 14.4 Å². The number of hydrogen-bond acceptors (Lipinski definition) is 4. The molecule has 0 unspecified atom stereocenters. The Balaban J connectivity index is 1.52. The molecule has 1 aromatic heterocycles. The van der Waals surface area contributed by atoms with Crippen LogP contribution in [0.5, 0.6) is 0 Å². The molecular formula is C24H31N3O3S. The van der Waals surface area contributed by atoms with Crippen molar-refractivity contribution in [3.63, 3.8) is 0 Å². The first kappa shape index (κ1) is 23.0. The van der Waals surface area contributed by atoms with Gasteiger partial charge in [0.2, 0.25) is 5.91 Å². The molecule has 0 saturated carbocycles. The Morgan fingerprint density at radius 1 is 0.968 bits per heavy atom. The molecule has 1 fully saturated rings. The van der Waals surface area contributed by atoms with Gasteiger partial charge in [-0.15, -0.1) is 11.3 Å². The number of anilines is 1. The first-order chi connectivity index (χ1) is 15.0. The predicted molar refractivity (Wildman–Crippen MR) is 125 cm³/mol. The maximum Gasteiger partial charge on any atom is 0.256 e. The molecule has 2 aromatic rings. The smallest absolute Gasteiger partial charge is 0.256 e. The fraction of sp³-hybridized carbons (Fsp3) is 0.458. The Bertz CT molecular complexity index is 897. The van der Waals surface area contributed by atoms with Crippen LogP contribution in [-0.2, 0) is 4.79 Å². The number of amides is 3. The van der Waals surface area contributed by atoms with E-state index in [2.05, 4.69) is 24.5 Å². The third kappa shape index (κ3) is 6.40. The highest BCUT2D eigenvalue weighted by Gasteiger charge is 2.18. The Hall–Kier alpha value is -2.67. The highest BCUT2D eigenvalue weighted by molar-refractivity contribution is 7.14. The molecule has 1 aromatic carbocycles. The van der Waals surface area contributed by atoms with E-state index in [9.17, 15) is 14.4 Å². The van der Waals surface area contributed by atoms with Crippen molar-refractivity contribution in [2.45, 2.75) is 51.9 Å². The second-order valence-electron chi connectivity index (χ2n) is 8.20. The summed E-state index contributed by atoms with van der Waals surface area (Å²) in [5.41, 5.74) is 2.13. The number of thiophene rings is 1. The van der Waals surface area contributed by atoms with Crippen molar-refractivity contribution in [3.8, 4) is 0 Å². The standard InChI is InChI=1S/C24H31N3O3S/c1-17(2)18-7-9-19(10-8-18)22(29)26-24-20(12-16-31-24)23(30)25-13-11-21(28)27-14-5-3-4-6-15-27/h7-10,12,16-17H,3-6,11,13-15H2,1-2H3,(H,25,30)(H,26,29). The zero-order valence-corrected chi connectivity index (χ0v) is 19.1. The molecule has 1 saturated heterocycles. The molecule has 6 nitrogen and oxygen atoms in total. The van der Waals surface area contributed by atoms with Crippen molar-refractivity contribution in [1.29, 1.82) is 0 Å². The second-order valence-corrected chi connectivity index (χ2v) is 9.11. The predicted octanol–water partition coefficient (Wildman–Crippen LogP) is 4.65. The molecule has 3 amide bonds. The van der Waals surface area contributed by atoms with Gasteiger partial charge in [0.1, 0.15) is 5.00 Å². The number of likely N-dealkylation sites (tertiary alicyclic amines) is 1. The van der Waals surface area contributed by atoms with Crippen LogP contribution in [-0.4, -0.2) is 42.3 Å². The van der Waals surface area contributed by atoms with Gasteiger partial charge in [-0.1, -0.05) is 38.8 Å². The molecule has 166 valence electrons. The van der Waals surface area contributed by atoms with Gasteiger partial charge in [0, 0.05) is 31.6 Å². The average Bonchev–Trinajstić information content (AvgIpc) is 3.05. The van der Waals surface area contributed by atoms with E-state index in [1.165, 1.54) is 29.7 Å². The van der Waals surface area contributed by atoms with Crippen LogP contribution in [0.2, 0.25) is 0 Å². The SMILES string of the molecule is CC(C)c1ccc(C(=O)Nc2sccc2C(=O)NCCC(=O)N2CCCCCC2)cc1. The summed E-state index contributed by atoms with van der Waals surface area (Å²) < 4.78 is 0. The molecule has 31 heavy (non-hydrogen) atoms. The Labute approximate surface area is 188 Å². The largest absolute Gasteiger partial charge is 0.351 e. The normalized spacial score (nSPS) is 14.2. The van der Waals surface area contributed by atoms with Gasteiger partial charge in [-0.25, -0.2) is 0 Å². The number of carbonyl (C=O) groups is 3. The summed E-state index contributed by atoms with van der Waals surface area (Å²) >= 11 is 1.31. The molecule has 2 N–H and O–H groups in total. The van der Waals surface area contributed by atoms with E-state index < -0.39 is 0 Å². The van der Waals surface area contributed by atoms with Gasteiger partial charge in [0.05, 0.1) is 5.56 Å². The summed E-state index contributed by atoms with van der Waals surface area (Å²) in [6.45, 7) is 6.12. The minimum absolute atomic E-state index is 0.0888. The maximum absolute atomic E-state index is 12.6. The summed E-state index contributed by atoms with van der Waals surface area (Å²) in [5.74, 6) is -0.0413. The molecule has 7 heteroatoms. The third-order valence-electron chi connectivity index (χ3n) is 5.56. The summed E-state index contributed by atoms with van der Waals surface area (Å²) in [6.07, 6.45) is 4.75. The molecule has 2 heterocycles. The van der Waals surface area contributed by atoms with Crippen molar-refractivity contribution in [2.75, 3.05) is 25.0 Å². The summed E-state index contributed by atoms with van der Waals surface area (Å²) in [7, 11) is 0. The van der Waals surface area contributed by atoms with Crippen LogP contribution in [0.1, 0.15) is 78.1 Å². The van der Waals surface area contributed by atoms with Gasteiger partial charge in [-0.3, -0.25) is 14.4 Å². The zero-order chi connectivity index (χ0) is 22.2. The lowest BCUT2D eigenvalue weighted by molar-refractivity contribution is -0.131. The zero-order valence-electron chi connectivity index (χ0n) is 18.3. The molecule has 1 aliphatic rings. The topological polar surface area (TPSA) is 78.5 Å². The molecule has 3 rings (SSSR count). The molecular weight excluding hydrogens is 410 g/mol. The fourth-order valence-corrected chi connectivity index (χ4v) is 4.42. The lowest BCUT2D eigenvalue weighted by Crippen LogP contribution is -2.35. The van der Waals surface area contributed by atoms with E-state index in [4.69, 9.17) is 0 Å². The van der Waals surface area contributed by atoms with Crippen LogP contribution in [0.15, 0.2) is 35.7 Å². The van der Waals surface area contributed by atoms with Crippen LogP contribution in [0.25, 0.3) is 0 Å². The Morgan fingerprint density at radius 3 is 2.29 bits per heavy atom. The lowest BCUT2D eigenvalue weighted by Gasteiger charge is -2.20. The number of carbonyl (C=O) groups excluding carboxylic acids is 3. The highest BCUT2D eigenvalue weighted by Crippen LogP contribution is 2.24. The number of rotatable bonds is 7. The number of nitrogens with zero attached hydrogens (tertiary/aromatic N) is 1. The highest BCUT2D eigenvalue weighted by atomic mass is 32.1. The average molecular weight is 442 g/mol. The molecule has 0 bridgehead atoms. The quantitative estimate of drug-likeness (QED) is 0.657. The molecule has 1 aliphatic heterocycles. The maximum atomic E-state index is 12.6. The van der Waals surface area contributed by atoms with Gasteiger partial charge in [-0.2, -0.15) is 0 Å². The minimum Gasteiger partial charge on any atom is -0.351 e. The van der Waals surface area contributed by atoms with Crippen molar-refractivity contribution >= 4 is 34.1 Å². The first-order valence-corrected chi connectivity index (χ1v) is 11.9. The number of nitrogens with one attached hydrogen (secondary N) is 2. The van der Waals surface area contributed by atoms with E-state index in [0.29, 0.717) is 28.5 Å². The minimum atomic E-state index is -0.282. The van der Waals surface area contributed by atoms with Crippen molar-refractivity contribution in [1.82, 2.24) is 10.2 Å². The van der Waals surface area contributed by atoms with Crippen LogP contribution >= 0.6 is 11.3 Å². The monoisotopic (exact) mass is 441 g/mol. The van der Waals surface area contributed by atoms with Gasteiger partial charge in [0.15, 0.2) is 0 Å². The van der Waals surface area contributed by atoms with E-state index in [-0.39, 0.29) is 24.3 Å². The number of hydrogen-bond donors (Lipinski definition) is 2. The van der Waals surface area contributed by atoms with E-state index in [1.807, 2.05) is 17.0 Å². The van der Waals surface area contributed by atoms with Gasteiger partial charge >= 0.3 is 0 Å². The van der Waals surface area contributed by atoms with E-state index in [0.717, 1.165) is 25.9 Å². The van der Waals surface area contributed by atoms with Gasteiger partial charge in [-0.05, 0) is 47.9 Å². The van der Waals surface area contributed by atoms with Crippen LogP contribution in [0, 0.1) is 0 Å². The van der Waals surface area contributed by atoms with Crippen LogP contribution in [0.4, 0.5) is 5.00 Å². The second kappa shape index (κ2) is 11.1. The van der Waals surface area contributed by atoms with Crippen LogP contribution in [0.3, 0.4) is 0 Å². The third-order valence-corrected chi connectivity index (χ3v) is 6.39. The van der Waals surface area contributed by atoms with Gasteiger partial charge in [0.25, 0.3) is 11.8 Å². The van der Waals surface area contributed by atoms with Gasteiger partial charge < -0.3 is 15.5 Å². The summed E-state index contributed by atoms with van der Waals surface area (Å²) in [6, 6.07) is 9.18. The molecule has 0 spiro atoms. The lowest BCUT2D eigenvalue weighted by atomic mass is 10.0. The van der Waals surface area contributed by atoms with Crippen molar-refractivity contribution in [3.05, 3.63) is 52.4 Å². The summed E-state index contributed by atoms with van der Waals surface area (Å²) in [5, 5.41) is 7.93. The first-order valence-electron chi connectivity index (χ1n) is 11.0. The van der Waals surface area contributed by atoms with E-state index >= 15 is 0 Å². The Kier molecular flexibility index (Phi) is 8.23. The van der Waals surface area contributed by atoms with Crippen LogP contribution < -0.4 is 10.6 Å². The molecule has 0 aliphatic carbocycles. The van der Waals surface area contributed by atoms with E-state index in [1.54, 1.807) is 23.6 Å². The molecule has 0 radical (unpaired) electrons. The Morgan fingerprint density at radius 2 is 1.65 bits per heavy atom. The van der Waals surface area contributed by atoms with Crippen molar-refractivity contribution in [2.24, 2.45) is 0 Å².